The molecule has 6 aromatic carbocycles. The van der Waals surface area contributed by atoms with Gasteiger partial charge < -0.3 is 5.11 Å². The Morgan fingerprint density at radius 2 is 1.42 bits per heavy atom. The Kier molecular flexibility index (Phi) is 6.42. The van der Waals surface area contributed by atoms with Crippen LogP contribution in [0.2, 0.25) is 0 Å². The molecule has 260 valence electrons. The van der Waals surface area contributed by atoms with E-state index >= 15 is 0 Å². The topological polar surface area (TPSA) is 50.9 Å². The molecule has 0 saturated carbocycles. The van der Waals surface area contributed by atoms with Crippen LogP contribution in [0.1, 0.15) is 64.0 Å². The van der Waals surface area contributed by atoms with Gasteiger partial charge in [-0.15, -0.1) is 0 Å². The van der Waals surface area contributed by atoms with E-state index in [1.54, 1.807) is 12.1 Å². The molecule has 8 aromatic rings. The van der Waals surface area contributed by atoms with Gasteiger partial charge >= 0.3 is 0 Å². The predicted octanol–water partition coefficient (Wildman–Crippen LogP) is 12.9. The number of aromatic hydroxyl groups is 1. The Labute approximate surface area is 324 Å². The summed E-state index contributed by atoms with van der Waals surface area (Å²) in [7, 11) is 0. The van der Waals surface area contributed by atoms with E-state index in [4.69, 9.17) is 16.0 Å². The molecule has 0 aliphatic rings. The first kappa shape index (κ1) is 24.8. The quantitative estimate of drug-likeness (QED) is 0.180. The van der Waals surface area contributed by atoms with Crippen LogP contribution in [0.5, 0.6) is 5.75 Å². The number of rotatable bonds is 7. The molecule has 0 aliphatic carbocycles. The summed E-state index contributed by atoms with van der Waals surface area (Å²) >= 11 is 0. The van der Waals surface area contributed by atoms with Crippen LogP contribution < -0.4 is 0 Å². The lowest BCUT2D eigenvalue weighted by Crippen LogP contribution is -2.11. The van der Waals surface area contributed by atoms with Crippen molar-refractivity contribution >= 4 is 11.0 Å². The van der Waals surface area contributed by atoms with Crippen molar-refractivity contribution in [2.75, 3.05) is 0 Å². The third kappa shape index (κ3) is 6.53. The van der Waals surface area contributed by atoms with Gasteiger partial charge in [0.1, 0.15) is 11.6 Å². The molecule has 0 fully saturated rings. The van der Waals surface area contributed by atoms with Crippen molar-refractivity contribution in [1.82, 2.24) is 14.5 Å². The van der Waals surface area contributed by atoms with Crippen molar-refractivity contribution in [3.8, 4) is 67.5 Å². The van der Waals surface area contributed by atoms with Crippen LogP contribution in [0, 0.1) is 0 Å². The Morgan fingerprint density at radius 1 is 0.679 bits per heavy atom. The first-order valence-corrected chi connectivity index (χ1v) is 17.5. The third-order valence-corrected chi connectivity index (χ3v) is 9.46. The molecular formula is C49H43N3O. The maximum absolute atomic E-state index is 11.3. The van der Waals surface area contributed by atoms with E-state index in [1.807, 2.05) is 136 Å². The number of fused-ring (bicyclic) bond motifs is 1. The molecule has 53 heavy (non-hydrogen) atoms. The van der Waals surface area contributed by atoms with E-state index in [-0.39, 0.29) is 28.6 Å². The first-order chi connectivity index (χ1) is 29.3. The highest BCUT2D eigenvalue weighted by Gasteiger charge is 2.24. The highest BCUT2D eigenvalue weighted by Crippen LogP contribution is 2.42. The van der Waals surface area contributed by atoms with Crippen molar-refractivity contribution in [2.45, 2.75) is 45.9 Å². The number of hydrogen-bond donors (Lipinski definition) is 1. The van der Waals surface area contributed by atoms with Gasteiger partial charge in [-0.3, -0.25) is 9.55 Å². The molecule has 0 bridgehead atoms. The number of nitrogens with zero attached hydrogens (tertiary/aromatic N) is 3. The molecule has 2 aromatic heterocycles. The van der Waals surface area contributed by atoms with Crippen molar-refractivity contribution in [3.63, 3.8) is 0 Å². The lowest BCUT2D eigenvalue weighted by Gasteiger charge is -2.22. The van der Waals surface area contributed by atoms with E-state index in [0.29, 0.717) is 28.0 Å². The van der Waals surface area contributed by atoms with Gasteiger partial charge in [-0.05, 0) is 99.2 Å². The number of aromatic nitrogens is 3. The average molecular weight is 699 g/mol. The first-order valence-electron chi connectivity index (χ1n) is 22.0. The maximum atomic E-state index is 11.3. The molecule has 0 unspecified atom stereocenters. The second-order valence-corrected chi connectivity index (χ2v) is 14.3. The van der Waals surface area contributed by atoms with Crippen LogP contribution in [-0.2, 0) is 5.41 Å². The molecule has 0 saturated heterocycles. The van der Waals surface area contributed by atoms with Crippen LogP contribution >= 0.6 is 0 Å². The summed E-state index contributed by atoms with van der Waals surface area (Å²) in [5.74, 6) is -0.357. The number of imidazole rings is 1. The maximum Gasteiger partial charge on any atom is 0.149 e. The summed E-state index contributed by atoms with van der Waals surface area (Å²) < 4.78 is 79.8. The fourth-order valence-electron chi connectivity index (χ4n) is 6.62. The Bertz CT molecular complexity index is 3070. The van der Waals surface area contributed by atoms with Crippen LogP contribution in [-0.4, -0.2) is 19.6 Å². The van der Waals surface area contributed by atoms with Gasteiger partial charge in [-0.25, -0.2) is 4.98 Å². The van der Waals surface area contributed by atoms with Crippen molar-refractivity contribution < 1.29 is 17.4 Å². The van der Waals surface area contributed by atoms with E-state index in [0.717, 1.165) is 39.0 Å². The van der Waals surface area contributed by atoms with E-state index in [1.165, 1.54) is 0 Å². The lowest BCUT2D eigenvalue weighted by molar-refractivity contribution is 0.477. The molecule has 4 nitrogen and oxygen atoms in total. The van der Waals surface area contributed by atoms with Gasteiger partial charge in [-0.1, -0.05) is 132 Å². The summed E-state index contributed by atoms with van der Waals surface area (Å²) in [6, 6.07) is 30.7. The molecule has 4 heteroatoms. The van der Waals surface area contributed by atoms with Gasteiger partial charge in [0.05, 0.1) is 38.9 Å². The summed E-state index contributed by atoms with van der Waals surface area (Å²) in [5, 5.41) is 11.3. The largest absolute Gasteiger partial charge is 0.507 e. The summed E-state index contributed by atoms with van der Waals surface area (Å²) in [6.07, 6.45) is -0.511. The fourth-order valence-corrected chi connectivity index (χ4v) is 6.62. The number of hydrogen-bond acceptors (Lipinski definition) is 3. The summed E-state index contributed by atoms with van der Waals surface area (Å²) in [6.45, 7) is 9.84. The minimum absolute atomic E-state index is 0.0117. The molecule has 0 amide bonds. The van der Waals surface area contributed by atoms with Crippen LogP contribution in [0.4, 0.5) is 0 Å². The molecule has 0 spiro atoms. The van der Waals surface area contributed by atoms with Crippen LogP contribution in [0.15, 0.2) is 158 Å². The van der Waals surface area contributed by atoms with Crippen molar-refractivity contribution in [2.24, 2.45) is 0 Å². The SMILES string of the molecule is [2H]c1nc(-c2cc(-c3cccc4c3nc(-c3ccccc3O)n4-c3ccc(C([2H])(C)C)cc3-c3ccccc3)cc(C(C)(C)C)c2)c([2H])c(-c2c([2H])c([2H])c([2H])c([2H])c2[2H])c1[2H]. The van der Waals surface area contributed by atoms with Crippen LogP contribution in [0.3, 0.4) is 0 Å². The number of phenolic OH excluding ortho intramolecular Hbond substituents is 1. The zero-order chi connectivity index (χ0) is 44.6. The van der Waals surface area contributed by atoms with Crippen LogP contribution in [0.25, 0.3) is 72.7 Å². The molecule has 2 heterocycles. The standard InChI is InChI=1S/C49H43N3O/c1-32(2)35-23-24-44(42(30-35)34-17-10-7-11-18-34)52-45-21-14-20-40(47(45)51-48(52)41-19-12-13-22-46(41)53)37-27-38(29-39(28-37)49(3,4)5)43-31-36(25-26-50-43)33-15-8-6-9-16-33/h6-32,53H,1-5H3/i6D,8D,9D,15D,16D,25D,26D,31D,32D. The van der Waals surface area contributed by atoms with Gasteiger partial charge in [0.15, 0.2) is 0 Å². The zero-order valence-corrected chi connectivity index (χ0v) is 30.2. The minimum Gasteiger partial charge on any atom is -0.507 e. The normalized spacial score (nSPS) is 14.3. The third-order valence-electron chi connectivity index (χ3n) is 9.46. The molecule has 0 aliphatic heterocycles. The Morgan fingerprint density at radius 3 is 2.17 bits per heavy atom. The number of phenols is 1. The second-order valence-electron chi connectivity index (χ2n) is 14.3. The minimum atomic E-state index is -0.881. The lowest BCUT2D eigenvalue weighted by atomic mass is 9.83. The fraction of sp³-hybridized carbons (Fsp3) is 0.143. The second kappa shape index (κ2) is 13.7. The van der Waals surface area contributed by atoms with Gasteiger partial charge in [0.25, 0.3) is 0 Å². The number of pyridine rings is 1. The molecule has 0 radical (unpaired) electrons. The predicted molar refractivity (Wildman–Crippen MR) is 220 cm³/mol. The zero-order valence-electron chi connectivity index (χ0n) is 39.2. The monoisotopic (exact) mass is 698 g/mol. The number of para-hydroxylation sites is 2. The van der Waals surface area contributed by atoms with Gasteiger partial charge in [0, 0.05) is 24.2 Å². The van der Waals surface area contributed by atoms with E-state index in [2.05, 4.69) is 4.98 Å². The van der Waals surface area contributed by atoms with E-state index in [9.17, 15) is 6.48 Å². The van der Waals surface area contributed by atoms with Gasteiger partial charge in [0.2, 0.25) is 0 Å². The molecule has 0 atom stereocenters. The van der Waals surface area contributed by atoms with Gasteiger partial charge in [-0.2, -0.15) is 0 Å². The van der Waals surface area contributed by atoms with Crippen molar-refractivity contribution in [1.29, 1.82) is 0 Å². The highest BCUT2D eigenvalue weighted by atomic mass is 16.3. The Hall–Kier alpha value is -6.26. The number of benzene rings is 6. The molecule has 8 rings (SSSR count). The smallest absolute Gasteiger partial charge is 0.149 e. The average Bonchev–Trinajstić information content (AvgIpc) is 3.63. The highest BCUT2D eigenvalue weighted by molar-refractivity contribution is 5.97. The van der Waals surface area contributed by atoms with E-state index < -0.39 is 53.7 Å². The van der Waals surface area contributed by atoms with Crippen molar-refractivity contribution in [3.05, 3.63) is 169 Å². The molecule has 1 N–H and O–H groups in total. The summed E-state index contributed by atoms with van der Waals surface area (Å²) in [5.41, 5.74) is 6.92. The summed E-state index contributed by atoms with van der Waals surface area (Å²) in [4.78, 5) is 9.72. The molecular weight excluding hydrogens is 647 g/mol. The Balaban J connectivity index is 1.43.